The fourth-order valence-electron chi connectivity index (χ4n) is 3.20. The number of hydrogen-bond donors (Lipinski definition) is 1. The largest absolute Gasteiger partial charge is 0.337 e. The van der Waals surface area contributed by atoms with Crippen LogP contribution in [-0.4, -0.2) is 28.9 Å². The van der Waals surface area contributed by atoms with Crippen LogP contribution in [0, 0.1) is 0 Å². The second kappa shape index (κ2) is 6.81. The van der Waals surface area contributed by atoms with E-state index in [0.717, 1.165) is 30.8 Å². The van der Waals surface area contributed by atoms with E-state index in [9.17, 15) is 4.79 Å². The predicted octanol–water partition coefficient (Wildman–Crippen LogP) is 3.19. The van der Waals surface area contributed by atoms with E-state index in [1.807, 2.05) is 52.2 Å². The van der Waals surface area contributed by atoms with Gasteiger partial charge < -0.3 is 5.32 Å². The third-order valence-corrected chi connectivity index (χ3v) is 4.53. The molecule has 1 N–H and O–H groups in total. The summed E-state index contributed by atoms with van der Waals surface area (Å²) in [5.41, 5.74) is 4.50. The number of nitrogens with zero attached hydrogens (tertiary/aromatic N) is 3. The minimum atomic E-state index is -0.0156. The Labute approximate surface area is 146 Å². The van der Waals surface area contributed by atoms with Crippen LogP contribution in [0.1, 0.15) is 11.1 Å². The Bertz CT molecular complexity index is 856. The van der Waals surface area contributed by atoms with Crippen LogP contribution in [-0.2, 0) is 12.8 Å². The maximum Gasteiger partial charge on any atom is 0.321 e. The van der Waals surface area contributed by atoms with E-state index in [1.54, 1.807) is 6.20 Å². The van der Waals surface area contributed by atoms with Gasteiger partial charge in [0.25, 0.3) is 0 Å². The molecule has 0 fully saturated rings. The second-order valence-corrected chi connectivity index (χ2v) is 6.13. The van der Waals surface area contributed by atoms with E-state index in [4.69, 9.17) is 0 Å². The second-order valence-electron chi connectivity index (χ2n) is 6.13. The van der Waals surface area contributed by atoms with Crippen molar-refractivity contribution in [2.75, 3.05) is 18.0 Å². The summed E-state index contributed by atoms with van der Waals surface area (Å²) < 4.78 is 1.83. The first-order valence-corrected chi connectivity index (χ1v) is 8.53. The van der Waals surface area contributed by atoms with Crippen LogP contribution in [0.25, 0.3) is 5.69 Å². The fourth-order valence-corrected chi connectivity index (χ4v) is 3.20. The Kier molecular flexibility index (Phi) is 4.21. The van der Waals surface area contributed by atoms with Gasteiger partial charge in [-0.05, 0) is 48.2 Å². The molecule has 0 saturated carbocycles. The van der Waals surface area contributed by atoms with E-state index in [0.29, 0.717) is 6.54 Å². The molecular weight excluding hydrogens is 312 g/mol. The van der Waals surface area contributed by atoms with Gasteiger partial charge in [0.1, 0.15) is 0 Å². The van der Waals surface area contributed by atoms with Gasteiger partial charge in [0.05, 0.1) is 5.69 Å². The molecule has 0 radical (unpaired) electrons. The molecular formula is C20H20N4O. The van der Waals surface area contributed by atoms with Gasteiger partial charge in [-0.15, -0.1) is 0 Å². The minimum absolute atomic E-state index is 0.0156. The highest BCUT2D eigenvalue weighted by Gasteiger charge is 2.23. The first-order valence-electron chi connectivity index (χ1n) is 8.53. The molecule has 1 aliphatic heterocycles. The normalized spacial score (nSPS) is 12.9. The van der Waals surface area contributed by atoms with Crippen LogP contribution in [0.4, 0.5) is 10.5 Å². The number of aromatic nitrogens is 2. The Balaban J connectivity index is 1.31. The monoisotopic (exact) mass is 332 g/mol. The van der Waals surface area contributed by atoms with E-state index >= 15 is 0 Å². The van der Waals surface area contributed by atoms with Crippen molar-refractivity contribution in [2.24, 2.45) is 0 Å². The minimum Gasteiger partial charge on any atom is -0.337 e. The summed E-state index contributed by atoms with van der Waals surface area (Å²) in [6, 6.07) is 18.2. The molecule has 3 aromatic rings. The Morgan fingerprint density at radius 1 is 1.08 bits per heavy atom. The van der Waals surface area contributed by atoms with Crippen LogP contribution in [0.2, 0.25) is 0 Å². The van der Waals surface area contributed by atoms with Crippen molar-refractivity contribution in [3.8, 4) is 5.69 Å². The van der Waals surface area contributed by atoms with Crippen molar-refractivity contribution in [3.63, 3.8) is 0 Å². The van der Waals surface area contributed by atoms with Gasteiger partial charge in [0.15, 0.2) is 0 Å². The van der Waals surface area contributed by atoms with E-state index in [1.165, 1.54) is 11.1 Å². The van der Waals surface area contributed by atoms with E-state index in [2.05, 4.69) is 28.6 Å². The number of hydrogen-bond acceptors (Lipinski definition) is 2. The number of fused-ring (bicyclic) bond motifs is 1. The molecule has 0 unspecified atom stereocenters. The first-order chi connectivity index (χ1) is 12.3. The maximum absolute atomic E-state index is 12.4. The van der Waals surface area contributed by atoms with Crippen molar-refractivity contribution >= 4 is 11.7 Å². The molecule has 0 atom stereocenters. The Hall–Kier alpha value is -3.08. The Morgan fingerprint density at radius 3 is 2.72 bits per heavy atom. The van der Waals surface area contributed by atoms with Gasteiger partial charge in [-0.3, -0.25) is 4.90 Å². The van der Waals surface area contributed by atoms with E-state index in [-0.39, 0.29) is 6.03 Å². The van der Waals surface area contributed by atoms with E-state index < -0.39 is 0 Å². The molecule has 2 heterocycles. The average molecular weight is 332 g/mol. The van der Waals surface area contributed by atoms with Crippen LogP contribution in [0.15, 0.2) is 67.0 Å². The number of carbonyl (C=O) groups is 1. The molecule has 0 spiro atoms. The smallest absolute Gasteiger partial charge is 0.321 e. The number of carbonyl (C=O) groups excluding carboxylic acids is 1. The topological polar surface area (TPSA) is 50.2 Å². The molecule has 2 amide bonds. The summed E-state index contributed by atoms with van der Waals surface area (Å²) >= 11 is 0. The molecule has 4 rings (SSSR count). The van der Waals surface area contributed by atoms with Crippen molar-refractivity contribution in [1.29, 1.82) is 0 Å². The number of nitrogens with one attached hydrogen (secondary N) is 1. The van der Waals surface area contributed by atoms with Gasteiger partial charge in [-0.25, -0.2) is 9.48 Å². The Morgan fingerprint density at radius 2 is 1.92 bits per heavy atom. The number of para-hydroxylation sites is 1. The van der Waals surface area contributed by atoms with Gasteiger partial charge in [0.2, 0.25) is 0 Å². The van der Waals surface area contributed by atoms with Gasteiger partial charge in [0, 0.05) is 31.2 Å². The molecule has 2 aromatic carbocycles. The molecule has 0 bridgehead atoms. The molecule has 25 heavy (non-hydrogen) atoms. The lowest BCUT2D eigenvalue weighted by Gasteiger charge is -2.18. The molecule has 0 aliphatic carbocycles. The quantitative estimate of drug-likeness (QED) is 0.798. The lowest BCUT2D eigenvalue weighted by molar-refractivity contribution is 0.247. The van der Waals surface area contributed by atoms with Crippen molar-refractivity contribution < 1.29 is 4.79 Å². The predicted molar refractivity (Wildman–Crippen MR) is 98.2 cm³/mol. The summed E-state index contributed by atoms with van der Waals surface area (Å²) in [5, 5.41) is 7.24. The standard InChI is InChI=1S/C20H20N4O/c25-20(23-15-11-17-4-1-2-5-19(17)23)21-13-10-16-6-8-18(9-7-16)24-14-3-12-22-24/h1-9,12,14H,10-11,13,15H2,(H,21,25). The third-order valence-electron chi connectivity index (χ3n) is 4.53. The van der Waals surface area contributed by atoms with Crippen LogP contribution in [0.5, 0.6) is 0 Å². The maximum atomic E-state index is 12.4. The lowest BCUT2D eigenvalue weighted by Crippen LogP contribution is -2.39. The number of benzene rings is 2. The number of anilines is 1. The zero-order valence-electron chi connectivity index (χ0n) is 13.9. The number of amides is 2. The van der Waals surface area contributed by atoms with Crippen molar-refractivity contribution in [2.45, 2.75) is 12.8 Å². The summed E-state index contributed by atoms with van der Waals surface area (Å²) in [5.74, 6) is 0. The van der Waals surface area contributed by atoms with Crippen LogP contribution < -0.4 is 10.2 Å². The van der Waals surface area contributed by atoms with Gasteiger partial charge >= 0.3 is 6.03 Å². The fraction of sp³-hybridized carbons (Fsp3) is 0.200. The SMILES string of the molecule is O=C(NCCc1ccc(-n2cccn2)cc1)N1CCc2ccccc21. The highest BCUT2D eigenvalue weighted by atomic mass is 16.2. The highest BCUT2D eigenvalue weighted by molar-refractivity contribution is 5.94. The summed E-state index contributed by atoms with van der Waals surface area (Å²) in [6.07, 6.45) is 5.42. The number of urea groups is 1. The van der Waals surface area contributed by atoms with Gasteiger partial charge in [-0.1, -0.05) is 30.3 Å². The highest BCUT2D eigenvalue weighted by Crippen LogP contribution is 2.27. The molecule has 0 saturated heterocycles. The first kappa shape index (κ1) is 15.4. The molecule has 1 aromatic heterocycles. The number of rotatable bonds is 4. The molecule has 126 valence electrons. The summed E-state index contributed by atoms with van der Waals surface area (Å²) in [7, 11) is 0. The zero-order valence-corrected chi connectivity index (χ0v) is 13.9. The van der Waals surface area contributed by atoms with Crippen LogP contribution >= 0.6 is 0 Å². The molecule has 5 heteroatoms. The van der Waals surface area contributed by atoms with Crippen LogP contribution in [0.3, 0.4) is 0 Å². The van der Waals surface area contributed by atoms with Crippen molar-refractivity contribution in [1.82, 2.24) is 15.1 Å². The lowest BCUT2D eigenvalue weighted by atomic mass is 10.1. The third kappa shape index (κ3) is 3.26. The molecule has 5 nitrogen and oxygen atoms in total. The van der Waals surface area contributed by atoms with Gasteiger partial charge in [-0.2, -0.15) is 5.10 Å². The molecule has 1 aliphatic rings. The summed E-state index contributed by atoms with van der Waals surface area (Å²) in [6.45, 7) is 1.38. The zero-order chi connectivity index (χ0) is 17.1. The van der Waals surface area contributed by atoms with Crippen molar-refractivity contribution in [3.05, 3.63) is 78.1 Å². The average Bonchev–Trinajstić information content (AvgIpc) is 3.32. The summed E-state index contributed by atoms with van der Waals surface area (Å²) in [4.78, 5) is 14.2.